The zero-order chi connectivity index (χ0) is 13.0. The van der Waals surface area contributed by atoms with E-state index >= 15 is 0 Å². The van der Waals surface area contributed by atoms with Gasteiger partial charge < -0.3 is 14.9 Å². The lowest BCUT2D eigenvalue weighted by atomic mass is 10.2. The molecule has 18 heavy (non-hydrogen) atoms. The van der Waals surface area contributed by atoms with Crippen LogP contribution in [0.3, 0.4) is 0 Å². The van der Waals surface area contributed by atoms with Crippen molar-refractivity contribution in [3.8, 4) is 5.75 Å². The van der Waals surface area contributed by atoms with E-state index in [0.29, 0.717) is 0 Å². The van der Waals surface area contributed by atoms with Gasteiger partial charge in [0.2, 0.25) is 0 Å². The number of hydrogen-bond acceptors (Lipinski definition) is 4. The molecule has 0 saturated carbocycles. The van der Waals surface area contributed by atoms with Crippen LogP contribution in [0.2, 0.25) is 0 Å². The minimum Gasteiger partial charge on any atom is -0.496 e. The van der Waals surface area contributed by atoms with Crippen molar-refractivity contribution >= 4 is 11.8 Å². The summed E-state index contributed by atoms with van der Waals surface area (Å²) in [6.45, 7) is 1.98. The van der Waals surface area contributed by atoms with Gasteiger partial charge in [-0.05, 0) is 31.2 Å². The number of benzene rings is 1. The number of para-hydroxylation sites is 1. The van der Waals surface area contributed by atoms with E-state index in [9.17, 15) is 0 Å². The molecule has 2 aromatic rings. The van der Waals surface area contributed by atoms with Gasteiger partial charge in [0.1, 0.15) is 11.5 Å². The van der Waals surface area contributed by atoms with E-state index in [-0.39, 0.29) is 11.3 Å². The molecule has 0 aliphatic carbocycles. The van der Waals surface area contributed by atoms with Crippen LogP contribution in [0.15, 0.2) is 52.0 Å². The summed E-state index contributed by atoms with van der Waals surface area (Å²) >= 11 is 1.66. The van der Waals surface area contributed by atoms with Crippen LogP contribution in [0.25, 0.3) is 0 Å². The fraction of sp³-hybridized carbons (Fsp3) is 0.286. The van der Waals surface area contributed by atoms with Crippen LogP contribution in [0.5, 0.6) is 5.75 Å². The molecule has 0 bridgehead atoms. The molecular weight excluding hydrogens is 246 g/mol. The molecule has 96 valence electrons. The van der Waals surface area contributed by atoms with Gasteiger partial charge in [0.15, 0.2) is 0 Å². The fourth-order valence-electron chi connectivity index (χ4n) is 1.73. The molecule has 2 atom stereocenters. The third-order valence-electron chi connectivity index (χ3n) is 2.62. The Morgan fingerprint density at radius 2 is 2.00 bits per heavy atom. The van der Waals surface area contributed by atoms with Crippen molar-refractivity contribution < 1.29 is 9.15 Å². The molecule has 2 N–H and O–H groups in total. The molecule has 0 amide bonds. The van der Waals surface area contributed by atoms with E-state index in [1.54, 1.807) is 25.1 Å². The van der Waals surface area contributed by atoms with Gasteiger partial charge in [0.05, 0.1) is 23.5 Å². The lowest BCUT2D eigenvalue weighted by Crippen LogP contribution is -2.22. The zero-order valence-electron chi connectivity index (χ0n) is 10.5. The Kier molecular flexibility index (Phi) is 4.33. The number of furan rings is 1. The quantitative estimate of drug-likeness (QED) is 0.839. The van der Waals surface area contributed by atoms with Crippen molar-refractivity contribution in [1.82, 2.24) is 0 Å². The first-order chi connectivity index (χ1) is 8.72. The van der Waals surface area contributed by atoms with Gasteiger partial charge in [-0.25, -0.2) is 0 Å². The monoisotopic (exact) mass is 263 g/mol. The van der Waals surface area contributed by atoms with Gasteiger partial charge in [-0.2, -0.15) is 0 Å². The average Bonchev–Trinajstić information content (AvgIpc) is 2.89. The molecule has 0 aliphatic heterocycles. The first-order valence-electron chi connectivity index (χ1n) is 5.81. The highest BCUT2D eigenvalue weighted by Crippen LogP contribution is 2.41. The Morgan fingerprint density at radius 3 is 2.61 bits per heavy atom. The predicted octanol–water partition coefficient (Wildman–Crippen LogP) is 3.47. The molecule has 0 spiro atoms. The van der Waals surface area contributed by atoms with Gasteiger partial charge >= 0.3 is 0 Å². The van der Waals surface area contributed by atoms with Crippen molar-refractivity contribution in [3.63, 3.8) is 0 Å². The Labute approximate surface area is 111 Å². The molecule has 1 aromatic heterocycles. The molecule has 0 saturated heterocycles. The van der Waals surface area contributed by atoms with E-state index in [0.717, 1.165) is 16.4 Å². The van der Waals surface area contributed by atoms with Crippen LogP contribution in [-0.4, -0.2) is 13.2 Å². The van der Waals surface area contributed by atoms with E-state index in [1.807, 2.05) is 43.3 Å². The number of nitrogens with two attached hydrogens (primary N) is 1. The standard InChI is InChI=1S/C14H17NO2S/c1-10(15)14(12-7-5-9-17-12)18-13-8-4-3-6-11(13)16-2/h3-10,14H,15H2,1-2H3. The van der Waals surface area contributed by atoms with E-state index in [1.165, 1.54) is 0 Å². The van der Waals surface area contributed by atoms with Gasteiger partial charge in [-0.15, -0.1) is 11.8 Å². The van der Waals surface area contributed by atoms with Gasteiger partial charge in [-0.1, -0.05) is 12.1 Å². The maximum atomic E-state index is 6.05. The number of thioether (sulfide) groups is 1. The Hall–Kier alpha value is -1.39. The molecule has 1 aromatic carbocycles. The Morgan fingerprint density at radius 1 is 1.22 bits per heavy atom. The number of ether oxygens (including phenoxy) is 1. The fourth-order valence-corrected chi connectivity index (χ4v) is 2.89. The molecule has 4 heteroatoms. The maximum absolute atomic E-state index is 6.05. The van der Waals surface area contributed by atoms with Crippen molar-refractivity contribution in [2.45, 2.75) is 23.1 Å². The number of methoxy groups -OCH3 is 1. The molecule has 0 radical (unpaired) electrons. The summed E-state index contributed by atoms with van der Waals surface area (Å²) in [4.78, 5) is 1.07. The second-order valence-electron chi connectivity index (χ2n) is 4.06. The van der Waals surface area contributed by atoms with Gasteiger partial charge in [0.25, 0.3) is 0 Å². The summed E-state index contributed by atoms with van der Waals surface area (Å²) in [6, 6.07) is 11.8. The third-order valence-corrected chi connectivity index (χ3v) is 4.13. The molecule has 2 rings (SSSR count). The summed E-state index contributed by atoms with van der Waals surface area (Å²) in [5.41, 5.74) is 6.05. The first kappa shape index (κ1) is 13.1. The minimum atomic E-state index is -0.00828. The van der Waals surface area contributed by atoms with Gasteiger partial charge in [-0.3, -0.25) is 0 Å². The van der Waals surface area contributed by atoms with Crippen LogP contribution in [0.1, 0.15) is 17.9 Å². The summed E-state index contributed by atoms with van der Waals surface area (Å²) in [6.07, 6.45) is 1.67. The predicted molar refractivity (Wildman–Crippen MR) is 73.9 cm³/mol. The van der Waals surface area contributed by atoms with E-state index in [2.05, 4.69) is 0 Å². The largest absolute Gasteiger partial charge is 0.496 e. The number of hydrogen-bond donors (Lipinski definition) is 1. The van der Waals surface area contributed by atoms with Crippen molar-refractivity contribution in [1.29, 1.82) is 0 Å². The maximum Gasteiger partial charge on any atom is 0.132 e. The van der Waals surface area contributed by atoms with Crippen molar-refractivity contribution in [2.24, 2.45) is 5.73 Å². The lowest BCUT2D eigenvalue weighted by molar-refractivity contribution is 0.404. The van der Waals surface area contributed by atoms with Crippen LogP contribution in [0, 0.1) is 0 Å². The summed E-state index contributed by atoms with van der Waals surface area (Å²) in [7, 11) is 1.67. The second kappa shape index (κ2) is 5.98. The minimum absolute atomic E-state index is 0.00828. The second-order valence-corrected chi connectivity index (χ2v) is 5.25. The molecule has 0 fully saturated rings. The molecule has 1 heterocycles. The van der Waals surface area contributed by atoms with Crippen LogP contribution >= 0.6 is 11.8 Å². The summed E-state index contributed by atoms with van der Waals surface area (Å²) in [5.74, 6) is 1.75. The molecule has 0 aliphatic rings. The van der Waals surface area contributed by atoms with E-state index in [4.69, 9.17) is 14.9 Å². The summed E-state index contributed by atoms with van der Waals surface area (Å²) < 4.78 is 10.8. The first-order valence-corrected chi connectivity index (χ1v) is 6.69. The highest BCUT2D eigenvalue weighted by atomic mass is 32.2. The van der Waals surface area contributed by atoms with Crippen molar-refractivity contribution in [2.75, 3.05) is 7.11 Å². The molecule has 3 nitrogen and oxygen atoms in total. The zero-order valence-corrected chi connectivity index (χ0v) is 11.3. The third kappa shape index (κ3) is 2.89. The SMILES string of the molecule is COc1ccccc1SC(c1ccco1)C(C)N. The topological polar surface area (TPSA) is 48.4 Å². The lowest BCUT2D eigenvalue weighted by Gasteiger charge is -2.19. The van der Waals surface area contributed by atoms with Gasteiger partial charge in [0, 0.05) is 6.04 Å². The Balaban J connectivity index is 2.24. The Bertz CT molecular complexity index is 482. The molecule has 2 unspecified atom stereocenters. The van der Waals surface area contributed by atoms with Crippen molar-refractivity contribution in [3.05, 3.63) is 48.4 Å². The number of rotatable bonds is 5. The van der Waals surface area contributed by atoms with Crippen LogP contribution in [-0.2, 0) is 0 Å². The highest BCUT2D eigenvalue weighted by molar-refractivity contribution is 7.99. The van der Waals surface area contributed by atoms with Crippen LogP contribution in [0.4, 0.5) is 0 Å². The average molecular weight is 263 g/mol. The van der Waals surface area contributed by atoms with E-state index < -0.39 is 0 Å². The smallest absolute Gasteiger partial charge is 0.132 e. The summed E-state index contributed by atoms with van der Waals surface area (Å²) in [5, 5.41) is 0.0799. The molecular formula is C14H17NO2S. The van der Waals surface area contributed by atoms with Crippen LogP contribution < -0.4 is 10.5 Å². The normalized spacial score (nSPS) is 14.2. The highest BCUT2D eigenvalue weighted by Gasteiger charge is 2.21.